The molecular weight excluding hydrogens is 386 g/mol. The number of anilines is 2. The summed E-state index contributed by atoms with van der Waals surface area (Å²) in [6.45, 7) is 0. The maximum Gasteiger partial charge on any atom is 0.293 e. The molecule has 0 unspecified atom stereocenters. The summed E-state index contributed by atoms with van der Waals surface area (Å²) < 4.78 is 5.00. The van der Waals surface area contributed by atoms with Crippen LogP contribution in [0.25, 0.3) is 0 Å². The summed E-state index contributed by atoms with van der Waals surface area (Å²) in [4.78, 5) is 24.2. The molecule has 3 N–H and O–H groups in total. The Morgan fingerprint density at radius 3 is 2.33 bits per heavy atom. The highest BCUT2D eigenvalue weighted by molar-refractivity contribution is 7.80. The summed E-state index contributed by atoms with van der Waals surface area (Å²) in [5.41, 5.74) is 1.61. The van der Waals surface area contributed by atoms with Crippen molar-refractivity contribution in [2.75, 3.05) is 10.6 Å². The Balaban J connectivity index is 1.62. The summed E-state index contributed by atoms with van der Waals surface area (Å²) >= 11 is 11.0. The molecule has 3 rings (SSSR count). The zero-order valence-electron chi connectivity index (χ0n) is 13.9. The van der Waals surface area contributed by atoms with Crippen LogP contribution in [-0.4, -0.2) is 16.9 Å². The zero-order valence-corrected chi connectivity index (χ0v) is 15.4. The van der Waals surface area contributed by atoms with Crippen LogP contribution in [0.5, 0.6) is 0 Å². The SMILES string of the molecule is O=C(Nc1cccc(NC(=S)NC(=O)c2ccco2)c1)c1cccc(Cl)c1. The monoisotopic (exact) mass is 399 g/mol. The van der Waals surface area contributed by atoms with E-state index in [1.165, 1.54) is 12.3 Å². The average molecular weight is 400 g/mol. The molecule has 0 radical (unpaired) electrons. The van der Waals surface area contributed by atoms with Gasteiger partial charge in [-0.2, -0.15) is 0 Å². The lowest BCUT2D eigenvalue weighted by molar-refractivity contribution is 0.0950. The summed E-state index contributed by atoms with van der Waals surface area (Å²) in [6, 6.07) is 16.7. The predicted molar refractivity (Wildman–Crippen MR) is 108 cm³/mol. The molecule has 0 saturated carbocycles. The maximum absolute atomic E-state index is 12.3. The van der Waals surface area contributed by atoms with Gasteiger partial charge >= 0.3 is 0 Å². The van der Waals surface area contributed by atoms with Crippen LogP contribution >= 0.6 is 23.8 Å². The molecule has 0 aliphatic carbocycles. The molecule has 1 aromatic heterocycles. The molecule has 0 aliphatic heterocycles. The van der Waals surface area contributed by atoms with E-state index in [9.17, 15) is 9.59 Å². The van der Waals surface area contributed by atoms with Gasteiger partial charge in [0.15, 0.2) is 10.9 Å². The molecule has 8 heteroatoms. The van der Waals surface area contributed by atoms with Gasteiger partial charge in [0.05, 0.1) is 6.26 Å². The van der Waals surface area contributed by atoms with E-state index in [0.717, 1.165) is 0 Å². The van der Waals surface area contributed by atoms with Crippen LogP contribution < -0.4 is 16.0 Å². The molecule has 1 heterocycles. The van der Waals surface area contributed by atoms with Crippen molar-refractivity contribution in [2.24, 2.45) is 0 Å². The molecule has 27 heavy (non-hydrogen) atoms. The number of amides is 2. The van der Waals surface area contributed by atoms with Crippen molar-refractivity contribution in [3.8, 4) is 0 Å². The van der Waals surface area contributed by atoms with Gasteiger partial charge in [-0.05, 0) is 60.7 Å². The van der Waals surface area contributed by atoms with Crippen molar-refractivity contribution in [1.29, 1.82) is 0 Å². The van der Waals surface area contributed by atoms with E-state index >= 15 is 0 Å². The summed E-state index contributed by atoms with van der Waals surface area (Å²) in [5, 5.41) is 8.76. The van der Waals surface area contributed by atoms with Gasteiger partial charge in [0.25, 0.3) is 11.8 Å². The molecule has 3 aromatic rings. The van der Waals surface area contributed by atoms with Crippen molar-refractivity contribution in [3.63, 3.8) is 0 Å². The Bertz CT molecular complexity index is 989. The number of thiocarbonyl (C=S) groups is 1. The second kappa shape index (κ2) is 8.48. The minimum Gasteiger partial charge on any atom is -0.459 e. The number of halogens is 1. The fraction of sp³-hybridized carbons (Fsp3) is 0. The highest BCUT2D eigenvalue weighted by Crippen LogP contribution is 2.17. The van der Waals surface area contributed by atoms with Crippen molar-refractivity contribution in [1.82, 2.24) is 5.32 Å². The van der Waals surface area contributed by atoms with Crippen LogP contribution in [0.3, 0.4) is 0 Å². The van der Waals surface area contributed by atoms with Crippen LogP contribution in [0.4, 0.5) is 11.4 Å². The minimum atomic E-state index is -0.456. The first-order valence-electron chi connectivity index (χ1n) is 7.84. The largest absolute Gasteiger partial charge is 0.459 e. The van der Waals surface area contributed by atoms with Gasteiger partial charge in [-0.25, -0.2) is 0 Å². The third kappa shape index (κ3) is 5.16. The van der Waals surface area contributed by atoms with Crippen LogP contribution in [0.15, 0.2) is 71.3 Å². The molecule has 0 atom stereocenters. The Labute approximate surface area is 165 Å². The van der Waals surface area contributed by atoms with Crippen molar-refractivity contribution in [2.45, 2.75) is 0 Å². The number of carbonyl (C=O) groups is 2. The third-order valence-corrected chi connectivity index (χ3v) is 3.88. The molecule has 2 aromatic carbocycles. The number of benzene rings is 2. The summed E-state index contributed by atoms with van der Waals surface area (Å²) in [7, 11) is 0. The lowest BCUT2D eigenvalue weighted by Gasteiger charge is -2.11. The van der Waals surface area contributed by atoms with Gasteiger partial charge < -0.3 is 15.1 Å². The number of nitrogens with one attached hydrogen (secondary N) is 3. The van der Waals surface area contributed by atoms with Crippen LogP contribution in [0.2, 0.25) is 5.02 Å². The lowest BCUT2D eigenvalue weighted by atomic mass is 10.2. The van der Waals surface area contributed by atoms with Crippen LogP contribution in [-0.2, 0) is 0 Å². The minimum absolute atomic E-state index is 0.106. The molecular formula is C19H14ClN3O3S. The van der Waals surface area contributed by atoms with Crippen molar-refractivity contribution >= 4 is 52.1 Å². The topological polar surface area (TPSA) is 83.4 Å². The van der Waals surface area contributed by atoms with E-state index in [1.807, 2.05) is 0 Å². The molecule has 136 valence electrons. The standard InChI is InChI=1S/C19H14ClN3O3S/c20-13-5-1-4-12(10-13)17(24)21-14-6-2-7-15(11-14)22-19(27)23-18(25)16-8-3-9-26-16/h1-11H,(H,21,24)(H2,22,23,25,27). The van der Waals surface area contributed by atoms with Gasteiger partial charge in [0, 0.05) is 22.0 Å². The molecule has 0 fully saturated rings. The van der Waals surface area contributed by atoms with Crippen LogP contribution in [0, 0.1) is 0 Å². The van der Waals surface area contributed by atoms with E-state index in [0.29, 0.717) is 22.0 Å². The van der Waals surface area contributed by atoms with Crippen molar-refractivity contribution < 1.29 is 14.0 Å². The first-order valence-corrected chi connectivity index (χ1v) is 8.63. The summed E-state index contributed by atoms with van der Waals surface area (Å²) in [5.74, 6) is -0.590. The molecule has 2 amide bonds. The highest BCUT2D eigenvalue weighted by atomic mass is 35.5. The maximum atomic E-state index is 12.3. The summed E-state index contributed by atoms with van der Waals surface area (Å²) in [6.07, 6.45) is 1.40. The first-order chi connectivity index (χ1) is 13.0. The van der Waals surface area contributed by atoms with Gasteiger partial charge in [-0.3, -0.25) is 14.9 Å². The molecule has 0 bridgehead atoms. The normalized spacial score (nSPS) is 10.1. The van der Waals surface area contributed by atoms with Crippen LogP contribution in [0.1, 0.15) is 20.9 Å². The van der Waals surface area contributed by atoms with Gasteiger partial charge in [-0.15, -0.1) is 0 Å². The quantitative estimate of drug-likeness (QED) is 0.569. The molecule has 0 spiro atoms. The zero-order chi connectivity index (χ0) is 19.2. The fourth-order valence-electron chi connectivity index (χ4n) is 2.24. The van der Waals surface area contributed by atoms with Gasteiger partial charge in [0.2, 0.25) is 0 Å². The highest BCUT2D eigenvalue weighted by Gasteiger charge is 2.11. The van der Waals surface area contributed by atoms with E-state index in [4.69, 9.17) is 28.2 Å². The van der Waals surface area contributed by atoms with Crippen molar-refractivity contribution in [3.05, 3.63) is 83.3 Å². The Kier molecular flexibility index (Phi) is 5.85. The number of hydrogen-bond donors (Lipinski definition) is 3. The second-order valence-corrected chi connectivity index (χ2v) is 6.28. The number of hydrogen-bond acceptors (Lipinski definition) is 4. The molecule has 0 aliphatic rings. The average Bonchev–Trinajstić information content (AvgIpc) is 3.16. The van der Waals surface area contributed by atoms with Gasteiger partial charge in [0.1, 0.15) is 0 Å². The Hall–Kier alpha value is -3.16. The fourth-order valence-corrected chi connectivity index (χ4v) is 2.64. The lowest BCUT2D eigenvalue weighted by Crippen LogP contribution is -2.33. The van der Waals surface area contributed by atoms with E-state index in [-0.39, 0.29) is 16.8 Å². The smallest absolute Gasteiger partial charge is 0.293 e. The van der Waals surface area contributed by atoms with E-state index in [1.54, 1.807) is 54.6 Å². The second-order valence-electron chi connectivity index (χ2n) is 5.43. The van der Waals surface area contributed by atoms with E-state index < -0.39 is 5.91 Å². The predicted octanol–water partition coefficient (Wildman–Crippen LogP) is 4.31. The number of rotatable bonds is 4. The van der Waals surface area contributed by atoms with Gasteiger partial charge in [-0.1, -0.05) is 23.7 Å². The molecule has 6 nitrogen and oxygen atoms in total. The van der Waals surface area contributed by atoms with E-state index in [2.05, 4.69) is 16.0 Å². The third-order valence-electron chi connectivity index (χ3n) is 3.44. The Morgan fingerprint density at radius 2 is 1.63 bits per heavy atom. The number of carbonyl (C=O) groups excluding carboxylic acids is 2. The number of furan rings is 1. The first kappa shape index (κ1) is 18.6. The Morgan fingerprint density at radius 1 is 0.889 bits per heavy atom. The molecule has 0 saturated heterocycles.